The molecule has 1 aromatic carbocycles. The van der Waals surface area contributed by atoms with Crippen molar-refractivity contribution in [2.75, 3.05) is 31.1 Å². The zero-order valence-corrected chi connectivity index (χ0v) is 15.6. The molecule has 4 amide bonds. The fourth-order valence-electron chi connectivity index (χ4n) is 3.56. The van der Waals surface area contributed by atoms with Crippen LogP contribution in [0.3, 0.4) is 0 Å². The lowest BCUT2D eigenvalue weighted by Crippen LogP contribution is -2.56. The number of nitrogens with zero attached hydrogens (tertiary/aromatic N) is 3. The highest BCUT2D eigenvalue weighted by Gasteiger charge is 2.49. The highest BCUT2D eigenvalue weighted by molar-refractivity contribution is 6.09. The van der Waals surface area contributed by atoms with Gasteiger partial charge in [0.25, 0.3) is 5.91 Å². The molecule has 3 rings (SSSR count). The van der Waals surface area contributed by atoms with Crippen molar-refractivity contribution in [3.8, 4) is 0 Å². The first-order valence-corrected chi connectivity index (χ1v) is 9.09. The van der Waals surface area contributed by atoms with Crippen LogP contribution in [0.4, 0.5) is 10.5 Å². The average Bonchev–Trinajstić information content (AvgIpc) is 2.85. The van der Waals surface area contributed by atoms with Crippen LogP contribution in [0, 0.1) is 0 Å². The highest BCUT2D eigenvalue weighted by Crippen LogP contribution is 2.23. The lowest BCUT2D eigenvalue weighted by Gasteiger charge is -2.38. The quantitative estimate of drug-likeness (QED) is 0.827. The molecule has 0 aliphatic carbocycles. The summed E-state index contributed by atoms with van der Waals surface area (Å²) in [6, 6.07) is 8.87. The molecular formula is C19H26N4O3. The van der Waals surface area contributed by atoms with E-state index in [9.17, 15) is 14.4 Å². The molecule has 0 saturated carbocycles. The number of amides is 4. The van der Waals surface area contributed by atoms with E-state index in [0.717, 1.165) is 23.7 Å². The van der Waals surface area contributed by atoms with Crippen molar-refractivity contribution in [3.63, 3.8) is 0 Å². The van der Waals surface area contributed by atoms with Crippen molar-refractivity contribution < 1.29 is 14.4 Å². The molecule has 2 aliphatic heterocycles. The molecule has 26 heavy (non-hydrogen) atoms. The Hall–Kier alpha value is -2.57. The zero-order valence-electron chi connectivity index (χ0n) is 15.6. The molecule has 0 spiro atoms. The summed E-state index contributed by atoms with van der Waals surface area (Å²) in [5.74, 6) is -0.493. The molecule has 1 aromatic rings. The largest absolute Gasteiger partial charge is 0.368 e. The normalized spacial score (nSPS) is 21.0. The summed E-state index contributed by atoms with van der Waals surface area (Å²) in [5, 5.41) is 2.65. The van der Waals surface area contributed by atoms with Crippen LogP contribution in [0.25, 0.3) is 0 Å². The molecule has 140 valence electrons. The van der Waals surface area contributed by atoms with Gasteiger partial charge in [-0.05, 0) is 32.4 Å². The monoisotopic (exact) mass is 358 g/mol. The number of benzene rings is 1. The van der Waals surface area contributed by atoms with Gasteiger partial charge in [-0.1, -0.05) is 25.1 Å². The predicted octanol–water partition coefficient (Wildman–Crippen LogP) is 1.44. The molecule has 0 radical (unpaired) electrons. The van der Waals surface area contributed by atoms with Crippen LogP contribution < -0.4 is 10.2 Å². The minimum absolute atomic E-state index is 0.151. The molecule has 2 fully saturated rings. The number of piperazine rings is 1. The van der Waals surface area contributed by atoms with Gasteiger partial charge in [-0.25, -0.2) is 9.69 Å². The topological polar surface area (TPSA) is 73.0 Å². The molecule has 1 unspecified atom stereocenters. The Balaban J connectivity index is 1.67. The number of carbonyl (C=O) groups is 3. The van der Waals surface area contributed by atoms with Gasteiger partial charge in [0.1, 0.15) is 11.6 Å². The Morgan fingerprint density at radius 2 is 1.73 bits per heavy atom. The second kappa shape index (κ2) is 6.97. The van der Waals surface area contributed by atoms with E-state index < -0.39 is 17.6 Å². The number of rotatable bonds is 4. The Bertz CT molecular complexity index is 696. The van der Waals surface area contributed by atoms with E-state index in [1.54, 1.807) is 18.7 Å². The first kappa shape index (κ1) is 18.2. The van der Waals surface area contributed by atoms with Crippen LogP contribution in [-0.4, -0.2) is 65.4 Å². The number of hydrogen-bond donors (Lipinski definition) is 1. The molecule has 1 atom stereocenters. The van der Waals surface area contributed by atoms with Crippen molar-refractivity contribution in [3.05, 3.63) is 30.3 Å². The SMILES string of the molecule is CCC(C(=O)N1CCN(c2ccccc2)CC1)N1C(=O)NC(C)(C)C1=O. The molecule has 7 heteroatoms. The van der Waals surface area contributed by atoms with Gasteiger partial charge in [0, 0.05) is 31.9 Å². The summed E-state index contributed by atoms with van der Waals surface area (Å²) in [6.45, 7) is 7.77. The standard InChI is InChI=1S/C19H26N4O3/c1-4-15(23-17(25)19(2,3)20-18(23)26)16(24)22-12-10-21(11-13-22)14-8-6-5-7-9-14/h5-9,15H,4,10-13H2,1-3H3,(H,20,26). The van der Waals surface area contributed by atoms with Gasteiger partial charge >= 0.3 is 6.03 Å². The summed E-state index contributed by atoms with van der Waals surface area (Å²) in [5.41, 5.74) is 0.180. The van der Waals surface area contributed by atoms with E-state index in [2.05, 4.69) is 22.3 Å². The van der Waals surface area contributed by atoms with Crippen molar-refractivity contribution in [1.82, 2.24) is 15.1 Å². The summed E-state index contributed by atoms with van der Waals surface area (Å²) >= 11 is 0. The van der Waals surface area contributed by atoms with Crippen LogP contribution in [0.1, 0.15) is 27.2 Å². The Kier molecular flexibility index (Phi) is 4.89. The molecule has 2 saturated heterocycles. The summed E-state index contributed by atoms with van der Waals surface area (Å²) < 4.78 is 0. The number of hydrogen-bond acceptors (Lipinski definition) is 4. The predicted molar refractivity (Wildman–Crippen MR) is 98.8 cm³/mol. The first-order valence-electron chi connectivity index (χ1n) is 9.09. The Morgan fingerprint density at radius 1 is 1.12 bits per heavy atom. The van der Waals surface area contributed by atoms with Crippen LogP contribution >= 0.6 is 0 Å². The van der Waals surface area contributed by atoms with Crippen molar-refractivity contribution in [2.45, 2.75) is 38.8 Å². The number of para-hydroxylation sites is 1. The van der Waals surface area contributed by atoms with Gasteiger partial charge in [0.2, 0.25) is 5.91 Å². The van der Waals surface area contributed by atoms with Gasteiger partial charge in [-0.2, -0.15) is 0 Å². The van der Waals surface area contributed by atoms with E-state index in [1.807, 2.05) is 25.1 Å². The van der Waals surface area contributed by atoms with E-state index in [1.165, 1.54) is 0 Å². The van der Waals surface area contributed by atoms with Gasteiger partial charge in [-0.3, -0.25) is 9.59 Å². The maximum atomic E-state index is 13.0. The average molecular weight is 358 g/mol. The number of anilines is 1. The van der Waals surface area contributed by atoms with E-state index >= 15 is 0 Å². The summed E-state index contributed by atoms with van der Waals surface area (Å²) in [6.07, 6.45) is 0.410. The second-order valence-corrected chi connectivity index (χ2v) is 7.30. The molecular weight excluding hydrogens is 332 g/mol. The van der Waals surface area contributed by atoms with Crippen LogP contribution in [0.15, 0.2) is 30.3 Å². The highest BCUT2D eigenvalue weighted by atomic mass is 16.2. The number of nitrogens with one attached hydrogen (secondary N) is 1. The third-order valence-electron chi connectivity index (χ3n) is 5.09. The van der Waals surface area contributed by atoms with Crippen LogP contribution in [-0.2, 0) is 9.59 Å². The third-order valence-corrected chi connectivity index (χ3v) is 5.09. The number of carbonyl (C=O) groups excluding carboxylic acids is 3. The smallest absolute Gasteiger partial charge is 0.325 e. The van der Waals surface area contributed by atoms with Crippen molar-refractivity contribution in [2.24, 2.45) is 0 Å². The molecule has 2 heterocycles. The van der Waals surface area contributed by atoms with Gasteiger partial charge in [0.05, 0.1) is 0 Å². The fourth-order valence-corrected chi connectivity index (χ4v) is 3.56. The van der Waals surface area contributed by atoms with Crippen LogP contribution in [0.5, 0.6) is 0 Å². The lowest BCUT2D eigenvalue weighted by molar-refractivity contribution is -0.143. The van der Waals surface area contributed by atoms with Crippen molar-refractivity contribution >= 4 is 23.5 Å². The Morgan fingerprint density at radius 3 is 2.23 bits per heavy atom. The van der Waals surface area contributed by atoms with Crippen molar-refractivity contribution in [1.29, 1.82) is 0 Å². The molecule has 0 bridgehead atoms. The lowest BCUT2D eigenvalue weighted by atomic mass is 10.0. The molecule has 2 aliphatic rings. The van der Waals surface area contributed by atoms with Crippen LogP contribution in [0.2, 0.25) is 0 Å². The minimum atomic E-state index is -0.962. The first-order chi connectivity index (χ1) is 12.3. The Labute approximate surface area is 153 Å². The zero-order chi connectivity index (χ0) is 18.9. The van der Waals surface area contributed by atoms with Gasteiger partial charge in [0.15, 0.2) is 0 Å². The summed E-state index contributed by atoms with van der Waals surface area (Å²) in [4.78, 5) is 42.9. The second-order valence-electron chi connectivity index (χ2n) is 7.30. The molecule has 0 aromatic heterocycles. The third kappa shape index (κ3) is 3.25. The van der Waals surface area contributed by atoms with E-state index in [0.29, 0.717) is 19.5 Å². The number of urea groups is 1. The van der Waals surface area contributed by atoms with Gasteiger partial charge in [-0.15, -0.1) is 0 Å². The van der Waals surface area contributed by atoms with E-state index in [-0.39, 0.29) is 11.8 Å². The maximum absolute atomic E-state index is 13.0. The summed E-state index contributed by atoms with van der Waals surface area (Å²) in [7, 11) is 0. The fraction of sp³-hybridized carbons (Fsp3) is 0.526. The number of imide groups is 1. The minimum Gasteiger partial charge on any atom is -0.368 e. The van der Waals surface area contributed by atoms with Gasteiger partial charge < -0.3 is 15.1 Å². The van der Waals surface area contributed by atoms with E-state index in [4.69, 9.17) is 0 Å². The molecule has 1 N–H and O–H groups in total. The maximum Gasteiger partial charge on any atom is 0.325 e. The molecule has 7 nitrogen and oxygen atoms in total.